The maximum Gasteiger partial charge on any atom is 0.396 e. The summed E-state index contributed by atoms with van der Waals surface area (Å²) in [5.74, 6) is 1.63. The fraction of sp³-hybridized carbons (Fsp3) is 0.565. The molecule has 0 fully saturated rings. The van der Waals surface area contributed by atoms with Gasteiger partial charge in [0, 0.05) is 11.6 Å². The number of nitrogens with zero attached hydrogens (tertiary/aromatic N) is 3. The van der Waals surface area contributed by atoms with Gasteiger partial charge in [-0.05, 0) is 30.7 Å². The molecule has 0 spiro atoms. The molecule has 3 rings (SSSR count). The van der Waals surface area contributed by atoms with Crippen LogP contribution in [0.15, 0.2) is 42.7 Å². The molecule has 1 aliphatic heterocycles. The highest BCUT2D eigenvalue weighted by atomic mass is 16.5. The first-order valence-electron chi connectivity index (χ1n) is 10.7. The van der Waals surface area contributed by atoms with Crippen LogP contribution >= 0.6 is 0 Å². The van der Waals surface area contributed by atoms with Crippen LogP contribution in [0.5, 0.6) is 5.75 Å². The van der Waals surface area contributed by atoms with Crippen molar-refractivity contribution in [2.75, 3.05) is 18.6 Å². The van der Waals surface area contributed by atoms with Gasteiger partial charge in [0.15, 0.2) is 0 Å². The minimum absolute atomic E-state index is 0.486. The van der Waals surface area contributed by atoms with Crippen LogP contribution in [-0.4, -0.2) is 23.7 Å². The predicted molar refractivity (Wildman–Crippen MR) is 111 cm³/mol. The molecule has 2 aromatic rings. The predicted octanol–water partition coefficient (Wildman–Crippen LogP) is 4.18. The third kappa shape index (κ3) is 4.64. The van der Waals surface area contributed by atoms with Crippen LogP contribution in [0.3, 0.4) is 0 Å². The van der Waals surface area contributed by atoms with Gasteiger partial charge in [0.2, 0.25) is 5.72 Å². The molecule has 1 atom stereocenters. The second kappa shape index (κ2) is 9.87. The quantitative estimate of drug-likeness (QED) is 0.466. The molecule has 0 aliphatic carbocycles. The summed E-state index contributed by atoms with van der Waals surface area (Å²) in [6, 6.07) is 9.63. The highest BCUT2D eigenvalue weighted by Gasteiger charge is 2.51. The lowest BCUT2D eigenvalue weighted by Gasteiger charge is -2.28. The third-order valence-electron chi connectivity index (χ3n) is 5.67. The van der Waals surface area contributed by atoms with Gasteiger partial charge in [-0.15, -0.1) is 0 Å². The Morgan fingerprint density at radius 1 is 1.07 bits per heavy atom. The summed E-state index contributed by atoms with van der Waals surface area (Å²) in [7, 11) is 1.66. The zero-order valence-electron chi connectivity index (χ0n) is 17.3. The van der Waals surface area contributed by atoms with Crippen molar-refractivity contribution in [3.63, 3.8) is 0 Å². The molecule has 0 radical (unpaired) electrons. The molecule has 1 aromatic heterocycles. The van der Waals surface area contributed by atoms with Crippen LogP contribution in [0, 0.1) is 0 Å². The van der Waals surface area contributed by atoms with Crippen LogP contribution in [0.25, 0.3) is 0 Å². The lowest BCUT2D eigenvalue weighted by Crippen LogP contribution is -2.46. The Morgan fingerprint density at radius 3 is 2.43 bits per heavy atom. The van der Waals surface area contributed by atoms with Crippen molar-refractivity contribution in [2.24, 2.45) is 0 Å². The first-order valence-corrected chi connectivity index (χ1v) is 10.7. The number of aromatic nitrogens is 2. The van der Waals surface area contributed by atoms with E-state index in [4.69, 9.17) is 4.74 Å². The summed E-state index contributed by atoms with van der Waals surface area (Å²) < 4.78 is 7.30. The molecule has 5 nitrogen and oxygen atoms in total. The van der Waals surface area contributed by atoms with Gasteiger partial charge in [-0.3, -0.25) is 0 Å². The molecule has 0 unspecified atom stereocenters. The highest BCUT2D eigenvalue weighted by molar-refractivity contribution is 5.40. The zero-order chi connectivity index (χ0) is 19.8. The molecule has 0 saturated heterocycles. The summed E-state index contributed by atoms with van der Waals surface area (Å²) in [6.07, 6.45) is 14.0. The van der Waals surface area contributed by atoms with Gasteiger partial charge in [0.05, 0.1) is 19.9 Å². The van der Waals surface area contributed by atoms with E-state index in [0.717, 1.165) is 30.2 Å². The maximum atomic E-state index is 11.6. The Hall–Kier alpha value is -2.14. The van der Waals surface area contributed by atoms with E-state index >= 15 is 0 Å². The van der Waals surface area contributed by atoms with E-state index in [1.807, 2.05) is 41.1 Å². The maximum absolute atomic E-state index is 11.6. The molecular formula is C23H34N3O2+. The van der Waals surface area contributed by atoms with Crippen molar-refractivity contribution >= 4 is 5.95 Å². The summed E-state index contributed by atoms with van der Waals surface area (Å²) in [5, 5.41) is 11.6. The minimum Gasteiger partial charge on any atom is -0.497 e. The number of hydrogen-bond donors (Lipinski definition) is 1. The number of benzene rings is 1. The summed E-state index contributed by atoms with van der Waals surface area (Å²) in [5.41, 5.74) is -0.201. The van der Waals surface area contributed by atoms with Crippen LogP contribution in [0.1, 0.15) is 63.9 Å². The molecule has 1 N–H and O–H groups in total. The van der Waals surface area contributed by atoms with Crippen molar-refractivity contribution in [2.45, 2.75) is 70.6 Å². The first kappa shape index (κ1) is 20.6. The molecule has 0 saturated carbocycles. The third-order valence-corrected chi connectivity index (χ3v) is 5.67. The zero-order valence-corrected chi connectivity index (χ0v) is 17.3. The Labute approximate surface area is 169 Å². The van der Waals surface area contributed by atoms with Crippen molar-refractivity contribution in [1.29, 1.82) is 0 Å². The van der Waals surface area contributed by atoms with Gasteiger partial charge in [-0.1, -0.05) is 56.9 Å². The van der Waals surface area contributed by atoms with Crippen molar-refractivity contribution in [3.05, 3.63) is 48.3 Å². The van der Waals surface area contributed by atoms with Gasteiger partial charge in [-0.25, -0.2) is 9.47 Å². The number of hydrogen-bond acceptors (Lipinski definition) is 4. The monoisotopic (exact) mass is 384 g/mol. The molecule has 5 heteroatoms. The number of rotatable bonds is 11. The van der Waals surface area contributed by atoms with Crippen molar-refractivity contribution < 1.29 is 14.4 Å². The highest BCUT2D eigenvalue weighted by Crippen LogP contribution is 2.34. The Bertz CT molecular complexity index is 735. The Kier molecular flexibility index (Phi) is 7.26. The number of methoxy groups -OCH3 is 1. The van der Waals surface area contributed by atoms with Gasteiger partial charge in [-0.2, -0.15) is 0 Å². The van der Waals surface area contributed by atoms with E-state index in [2.05, 4.69) is 16.8 Å². The lowest BCUT2D eigenvalue weighted by molar-refractivity contribution is -0.685. The van der Waals surface area contributed by atoms with E-state index < -0.39 is 5.72 Å². The van der Waals surface area contributed by atoms with Crippen LogP contribution in [0.2, 0.25) is 0 Å². The molecule has 1 aliphatic rings. The Morgan fingerprint density at radius 2 is 1.75 bits per heavy atom. The van der Waals surface area contributed by atoms with Crippen molar-refractivity contribution in [1.82, 2.24) is 4.98 Å². The number of unbranched alkanes of at least 4 members (excludes halogenated alkanes) is 7. The topological polar surface area (TPSA) is 49.5 Å². The minimum atomic E-state index is -1.07. The number of ether oxygens (including phenoxy) is 1. The average molecular weight is 385 g/mol. The van der Waals surface area contributed by atoms with Crippen LogP contribution < -0.4 is 14.2 Å². The first-order chi connectivity index (χ1) is 13.7. The van der Waals surface area contributed by atoms with Crippen LogP contribution in [0.4, 0.5) is 5.95 Å². The van der Waals surface area contributed by atoms with Crippen LogP contribution in [-0.2, 0) is 12.3 Å². The molecule has 0 bridgehead atoms. The number of aliphatic hydroxyl groups is 1. The summed E-state index contributed by atoms with van der Waals surface area (Å²) in [4.78, 5) is 6.61. The molecule has 28 heavy (non-hydrogen) atoms. The number of anilines is 1. The molecular weight excluding hydrogens is 350 g/mol. The molecule has 1 aromatic carbocycles. The molecule has 2 heterocycles. The SMILES string of the molecule is CCCCCCCCCCN1c2nccc[n+]2C[C@@]1(O)c1ccc(OC)cc1. The summed E-state index contributed by atoms with van der Waals surface area (Å²) in [6.45, 7) is 3.54. The fourth-order valence-corrected chi connectivity index (χ4v) is 4.02. The van der Waals surface area contributed by atoms with Gasteiger partial charge >= 0.3 is 5.95 Å². The van der Waals surface area contributed by atoms with Gasteiger partial charge < -0.3 is 9.84 Å². The molecule has 152 valence electrons. The smallest absolute Gasteiger partial charge is 0.396 e. The van der Waals surface area contributed by atoms with Gasteiger partial charge in [0.1, 0.15) is 18.5 Å². The van der Waals surface area contributed by atoms with E-state index in [0.29, 0.717) is 6.54 Å². The standard InChI is InChI=1S/C23H34N3O2/c1-3-4-5-6-7-8-9-10-18-26-22-24-16-11-17-25(22)19-23(26,27)20-12-14-21(28-2)15-13-20/h11-17,27H,3-10,18-19H2,1-2H3/q+1/t23-/m1/s1. The average Bonchev–Trinajstić information content (AvgIpc) is 3.02. The number of fused-ring (bicyclic) bond motifs is 1. The van der Waals surface area contributed by atoms with E-state index in [1.54, 1.807) is 13.3 Å². The normalized spacial score (nSPS) is 18.3. The van der Waals surface area contributed by atoms with Gasteiger partial charge in [0.25, 0.3) is 0 Å². The van der Waals surface area contributed by atoms with E-state index in [-0.39, 0.29) is 0 Å². The largest absolute Gasteiger partial charge is 0.497 e. The van der Waals surface area contributed by atoms with E-state index in [9.17, 15) is 5.11 Å². The van der Waals surface area contributed by atoms with E-state index in [1.165, 1.54) is 44.9 Å². The second-order valence-corrected chi connectivity index (χ2v) is 7.72. The Balaban J connectivity index is 1.64. The fourth-order valence-electron chi connectivity index (χ4n) is 4.02. The lowest BCUT2D eigenvalue weighted by atomic mass is 10.0. The second-order valence-electron chi connectivity index (χ2n) is 7.72. The molecule has 0 amide bonds. The summed E-state index contributed by atoms with van der Waals surface area (Å²) >= 11 is 0. The van der Waals surface area contributed by atoms with Crippen molar-refractivity contribution in [3.8, 4) is 5.75 Å².